The Kier molecular flexibility index (Phi) is 6.03. The van der Waals surface area contributed by atoms with Crippen LogP contribution in [0.1, 0.15) is 42.2 Å². The van der Waals surface area contributed by atoms with Crippen LogP contribution in [0.3, 0.4) is 0 Å². The Labute approximate surface area is 171 Å². The SMILES string of the molecule is COc1nc2c(cc1NS(=O)(=O)c1ccc([C@H]3CCCCO3)cc1)CCNCC2. The minimum absolute atomic E-state index is 0.0518. The quantitative estimate of drug-likeness (QED) is 0.778. The van der Waals surface area contributed by atoms with Crippen molar-refractivity contribution in [3.05, 3.63) is 47.2 Å². The fraction of sp³-hybridized carbons (Fsp3) is 0.476. The third-order valence-corrected chi connectivity index (χ3v) is 6.83. The fourth-order valence-electron chi connectivity index (χ4n) is 3.86. The lowest BCUT2D eigenvalue weighted by Crippen LogP contribution is -2.16. The molecule has 7 nitrogen and oxygen atoms in total. The highest BCUT2D eigenvalue weighted by molar-refractivity contribution is 7.92. The predicted molar refractivity (Wildman–Crippen MR) is 111 cm³/mol. The largest absolute Gasteiger partial charge is 0.479 e. The van der Waals surface area contributed by atoms with E-state index in [1.165, 1.54) is 7.11 Å². The van der Waals surface area contributed by atoms with Crippen molar-refractivity contribution in [2.45, 2.75) is 43.1 Å². The van der Waals surface area contributed by atoms with E-state index in [4.69, 9.17) is 9.47 Å². The maximum absolute atomic E-state index is 13.0. The van der Waals surface area contributed by atoms with Crippen LogP contribution >= 0.6 is 0 Å². The zero-order valence-corrected chi connectivity index (χ0v) is 17.4. The molecule has 3 heterocycles. The molecule has 1 fully saturated rings. The van der Waals surface area contributed by atoms with Crippen molar-refractivity contribution < 1.29 is 17.9 Å². The Bertz CT molecular complexity index is 955. The second-order valence-corrected chi connectivity index (χ2v) is 9.11. The van der Waals surface area contributed by atoms with Crippen LogP contribution in [0.4, 0.5) is 5.69 Å². The van der Waals surface area contributed by atoms with Gasteiger partial charge in [0, 0.05) is 25.3 Å². The van der Waals surface area contributed by atoms with E-state index < -0.39 is 10.0 Å². The summed E-state index contributed by atoms with van der Waals surface area (Å²) in [5.74, 6) is 0.293. The standard InChI is InChI=1S/C21H27N3O4S/c1-27-21-19(14-16-9-11-22-12-10-18(16)23-21)24-29(25,26)17-7-5-15(6-8-17)20-4-2-3-13-28-20/h5-8,14,20,22,24H,2-4,9-13H2,1H3/t20-/m1/s1. The molecule has 1 atom stereocenters. The summed E-state index contributed by atoms with van der Waals surface area (Å²) >= 11 is 0. The van der Waals surface area contributed by atoms with E-state index in [-0.39, 0.29) is 11.0 Å². The highest BCUT2D eigenvalue weighted by Crippen LogP contribution is 2.31. The summed E-state index contributed by atoms with van der Waals surface area (Å²) in [4.78, 5) is 4.74. The zero-order valence-electron chi connectivity index (χ0n) is 16.6. The number of nitrogens with one attached hydrogen (secondary N) is 2. The Morgan fingerprint density at radius 3 is 2.69 bits per heavy atom. The first-order valence-electron chi connectivity index (χ1n) is 10.1. The summed E-state index contributed by atoms with van der Waals surface area (Å²) in [5.41, 5.74) is 3.37. The first kappa shape index (κ1) is 20.1. The minimum Gasteiger partial charge on any atom is -0.479 e. The number of pyridine rings is 1. The predicted octanol–water partition coefficient (Wildman–Crippen LogP) is 2.82. The van der Waals surface area contributed by atoms with Crippen LogP contribution in [0.15, 0.2) is 35.2 Å². The number of ether oxygens (including phenoxy) is 2. The van der Waals surface area contributed by atoms with Crippen molar-refractivity contribution in [3.8, 4) is 5.88 Å². The van der Waals surface area contributed by atoms with Crippen LogP contribution in [-0.4, -0.2) is 40.2 Å². The van der Waals surface area contributed by atoms with Crippen molar-refractivity contribution >= 4 is 15.7 Å². The smallest absolute Gasteiger partial charge is 0.262 e. The molecule has 0 unspecified atom stereocenters. The van der Waals surface area contributed by atoms with Crippen LogP contribution in [0.5, 0.6) is 5.88 Å². The number of hydrogen-bond donors (Lipinski definition) is 2. The third-order valence-electron chi connectivity index (χ3n) is 5.45. The van der Waals surface area contributed by atoms with E-state index in [9.17, 15) is 8.42 Å². The molecule has 2 aliphatic heterocycles. The van der Waals surface area contributed by atoms with Gasteiger partial charge in [-0.2, -0.15) is 0 Å². The number of anilines is 1. The third kappa shape index (κ3) is 4.55. The number of rotatable bonds is 5. The minimum atomic E-state index is -3.76. The van der Waals surface area contributed by atoms with Crippen molar-refractivity contribution in [2.75, 3.05) is 31.5 Å². The van der Waals surface area contributed by atoms with Crippen LogP contribution in [0, 0.1) is 0 Å². The van der Waals surface area contributed by atoms with E-state index in [1.54, 1.807) is 12.1 Å². The van der Waals surface area contributed by atoms with Gasteiger partial charge in [0.1, 0.15) is 5.69 Å². The van der Waals surface area contributed by atoms with Gasteiger partial charge in [-0.3, -0.25) is 4.72 Å². The summed E-state index contributed by atoms with van der Waals surface area (Å²) in [6.45, 7) is 2.45. The molecule has 1 aromatic heterocycles. The summed E-state index contributed by atoms with van der Waals surface area (Å²) < 4.78 is 39.7. The maximum Gasteiger partial charge on any atom is 0.262 e. The van der Waals surface area contributed by atoms with Crippen molar-refractivity contribution in [1.29, 1.82) is 0 Å². The number of fused-ring (bicyclic) bond motifs is 1. The first-order valence-corrected chi connectivity index (χ1v) is 11.6. The molecule has 1 aromatic carbocycles. The van der Waals surface area contributed by atoms with Crippen LogP contribution in [0.25, 0.3) is 0 Å². The van der Waals surface area contributed by atoms with Gasteiger partial charge >= 0.3 is 0 Å². The average molecular weight is 418 g/mol. The van der Waals surface area contributed by atoms with Gasteiger partial charge in [-0.15, -0.1) is 0 Å². The van der Waals surface area contributed by atoms with E-state index in [0.29, 0.717) is 11.6 Å². The summed E-state index contributed by atoms with van der Waals surface area (Å²) in [6.07, 6.45) is 4.83. The Balaban J connectivity index is 1.57. The molecule has 2 aromatic rings. The first-order chi connectivity index (χ1) is 14.1. The van der Waals surface area contributed by atoms with Gasteiger partial charge in [0.05, 0.1) is 18.1 Å². The normalized spacial score (nSPS) is 19.8. The Hall–Kier alpha value is -2.16. The Morgan fingerprint density at radius 2 is 1.97 bits per heavy atom. The van der Waals surface area contributed by atoms with Gasteiger partial charge in [-0.1, -0.05) is 12.1 Å². The van der Waals surface area contributed by atoms with Crippen molar-refractivity contribution in [1.82, 2.24) is 10.3 Å². The molecule has 1 saturated heterocycles. The molecule has 29 heavy (non-hydrogen) atoms. The van der Waals surface area contributed by atoms with Gasteiger partial charge in [0.15, 0.2) is 0 Å². The number of hydrogen-bond acceptors (Lipinski definition) is 6. The molecule has 0 saturated carbocycles. The second-order valence-electron chi connectivity index (χ2n) is 7.43. The second kappa shape index (κ2) is 8.69. The number of sulfonamides is 1. The van der Waals surface area contributed by atoms with Gasteiger partial charge in [-0.25, -0.2) is 13.4 Å². The molecule has 0 bridgehead atoms. The van der Waals surface area contributed by atoms with Gasteiger partial charge < -0.3 is 14.8 Å². The van der Waals surface area contributed by atoms with Crippen molar-refractivity contribution in [2.24, 2.45) is 0 Å². The summed E-state index contributed by atoms with van der Waals surface area (Å²) in [5, 5.41) is 3.33. The molecule has 156 valence electrons. The molecule has 8 heteroatoms. The number of aromatic nitrogens is 1. The monoisotopic (exact) mass is 417 g/mol. The number of benzene rings is 1. The van der Waals surface area contributed by atoms with Crippen LogP contribution in [-0.2, 0) is 27.6 Å². The molecule has 0 amide bonds. The van der Waals surface area contributed by atoms with Crippen molar-refractivity contribution in [3.63, 3.8) is 0 Å². The van der Waals surface area contributed by atoms with Crippen LogP contribution < -0.4 is 14.8 Å². The summed E-state index contributed by atoms with van der Waals surface area (Å²) in [7, 11) is -2.26. The van der Waals surface area contributed by atoms with Crippen LogP contribution in [0.2, 0.25) is 0 Å². The molecule has 0 radical (unpaired) electrons. The highest BCUT2D eigenvalue weighted by atomic mass is 32.2. The lowest BCUT2D eigenvalue weighted by molar-refractivity contribution is 0.0149. The highest BCUT2D eigenvalue weighted by Gasteiger charge is 2.22. The van der Waals surface area contributed by atoms with Gasteiger partial charge in [-0.05, 0) is 61.6 Å². The molecule has 0 aliphatic carbocycles. The number of nitrogens with zero attached hydrogens (tertiary/aromatic N) is 1. The lowest BCUT2D eigenvalue weighted by atomic mass is 10.0. The topological polar surface area (TPSA) is 89.5 Å². The van der Waals surface area contributed by atoms with Gasteiger partial charge in [0.25, 0.3) is 10.0 Å². The maximum atomic E-state index is 13.0. The molecule has 2 N–H and O–H groups in total. The fourth-order valence-corrected chi connectivity index (χ4v) is 4.91. The van der Waals surface area contributed by atoms with Gasteiger partial charge in [0.2, 0.25) is 5.88 Å². The molecule has 4 rings (SSSR count). The molecular weight excluding hydrogens is 390 g/mol. The van der Waals surface area contributed by atoms with E-state index in [1.807, 2.05) is 18.2 Å². The molecular formula is C21H27N3O4S. The summed E-state index contributed by atoms with van der Waals surface area (Å²) in [6, 6.07) is 8.77. The lowest BCUT2D eigenvalue weighted by Gasteiger charge is -2.23. The average Bonchev–Trinajstić information content (AvgIpc) is 2.98. The van der Waals surface area contributed by atoms with E-state index >= 15 is 0 Å². The Morgan fingerprint density at radius 1 is 1.17 bits per heavy atom. The van der Waals surface area contributed by atoms with E-state index in [2.05, 4.69) is 15.0 Å². The molecule has 0 spiro atoms. The van der Waals surface area contributed by atoms with E-state index in [0.717, 1.165) is 68.6 Å². The zero-order chi connectivity index (χ0) is 20.3. The molecule has 2 aliphatic rings. The number of methoxy groups -OCH3 is 1.